The van der Waals surface area contributed by atoms with Crippen LogP contribution in [-0.2, 0) is 9.53 Å². The number of ether oxygens (including phenoxy) is 1. The molecule has 2 unspecified atom stereocenters. The van der Waals surface area contributed by atoms with Gasteiger partial charge in [0.2, 0.25) is 0 Å². The summed E-state index contributed by atoms with van der Waals surface area (Å²) in [6.45, 7) is 10.8. The molecule has 0 radical (unpaired) electrons. The Morgan fingerprint density at radius 2 is 1.94 bits per heavy atom. The van der Waals surface area contributed by atoms with Crippen molar-refractivity contribution in [3.8, 4) is 0 Å². The van der Waals surface area contributed by atoms with Gasteiger partial charge in [0, 0.05) is 18.3 Å². The first-order chi connectivity index (χ1) is 7.31. The Hall–Kier alpha value is -0.0200. The molecule has 0 heterocycles. The molecule has 0 saturated heterocycles. The van der Waals surface area contributed by atoms with Gasteiger partial charge in [0.1, 0.15) is 5.60 Å². The molecule has 16 heavy (non-hydrogen) atoms. The van der Waals surface area contributed by atoms with Crippen molar-refractivity contribution in [1.29, 1.82) is 0 Å². The molecule has 0 rings (SSSR count). The highest BCUT2D eigenvalue weighted by Gasteiger charge is 2.32. The first-order valence-electron chi connectivity index (χ1n) is 6.17. The van der Waals surface area contributed by atoms with Gasteiger partial charge in [-0.3, -0.25) is 4.79 Å². The highest BCUT2D eigenvalue weighted by molar-refractivity contribution is 7.80. The number of rotatable bonds is 8. The quantitative estimate of drug-likeness (QED) is 0.663. The van der Waals surface area contributed by atoms with E-state index in [0.29, 0.717) is 18.9 Å². The summed E-state index contributed by atoms with van der Waals surface area (Å²) in [4.78, 5) is 12.0. The molecular weight excluding hydrogens is 220 g/mol. The van der Waals surface area contributed by atoms with Crippen LogP contribution in [0, 0.1) is 5.92 Å². The van der Waals surface area contributed by atoms with Crippen LogP contribution in [-0.4, -0.2) is 23.2 Å². The van der Waals surface area contributed by atoms with Crippen LogP contribution in [0.3, 0.4) is 0 Å². The number of Topliss-reactive ketones (excluding diaryl/α,β-unsaturated/α-hetero) is 1. The van der Waals surface area contributed by atoms with Crippen LogP contribution in [0.2, 0.25) is 0 Å². The number of hydrogen-bond acceptors (Lipinski definition) is 3. The third-order valence-electron chi connectivity index (χ3n) is 2.86. The van der Waals surface area contributed by atoms with E-state index < -0.39 is 5.60 Å². The zero-order valence-electron chi connectivity index (χ0n) is 11.2. The third-order valence-corrected chi connectivity index (χ3v) is 3.04. The molecule has 0 aromatic carbocycles. The van der Waals surface area contributed by atoms with Crippen molar-refractivity contribution in [2.75, 3.05) is 6.61 Å². The van der Waals surface area contributed by atoms with E-state index in [1.165, 1.54) is 0 Å². The minimum Gasteiger partial charge on any atom is -0.368 e. The fourth-order valence-corrected chi connectivity index (χ4v) is 1.55. The van der Waals surface area contributed by atoms with Gasteiger partial charge in [-0.1, -0.05) is 27.7 Å². The fourth-order valence-electron chi connectivity index (χ4n) is 1.38. The maximum absolute atomic E-state index is 12.0. The maximum Gasteiger partial charge on any atom is 0.165 e. The predicted octanol–water partition coefficient (Wildman–Crippen LogP) is 3.50. The van der Waals surface area contributed by atoms with E-state index in [0.717, 1.165) is 12.8 Å². The molecule has 0 aromatic heterocycles. The van der Waals surface area contributed by atoms with E-state index in [2.05, 4.69) is 26.5 Å². The van der Waals surface area contributed by atoms with E-state index in [-0.39, 0.29) is 11.0 Å². The smallest absolute Gasteiger partial charge is 0.165 e. The predicted molar refractivity (Wildman–Crippen MR) is 72.2 cm³/mol. The van der Waals surface area contributed by atoms with Gasteiger partial charge in [0.25, 0.3) is 0 Å². The summed E-state index contributed by atoms with van der Waals surface area (Å²) in [5.74, 6) is 0.779. The second-order valence-electron chi connectivity index (χ2n) is 5.09. The molecule has 3 heteroatoms. The lowest BCUT2D eigenvalue weighted by Crippen LogP contribution is -2.39. The van der Waals surface area contributed by atoms with Gasteiger partial charge in [-0.2, -0.15) is 12.6 Å². The second-order valence-corrected chi connectivity index (χ2v) is 5.97. The molecule has 0 aliphatic rings. The zero-order valence-corrected chi connectivity index (χ0v) is 12.1. The molecule has 0 N–H and O–H groups in total. The Morgan fingerprint density at radius 1 is 1.38 bits per heavy atom. The average molecular weight is 246 g/mol. The van der Waals surface area contributed by atoms with Crippen LogP contribution in [0.5, 0.6) is 0 Å². The summed E-state index contributed by atoms with van der Waals surface area (Å²) in [5, 5.41) is 0.104. The van der Waals surface area contributed by atoms with Crippen molar-refractivity contribution in [2.45, 2.75) is 64.7 Å². The minimum absolute atomic E-state index is 0.104. The van der Waals surface area contributed by atoms with E-state index in [9.17, 15) is 4.79 Å². The minimum atomic E-state index is -0.619. The van der Waals surface area contributed by atoms with Crippen LogP contribution in [0.15, 0.2) is 0 Å². The fraction of sp³-hybridized carbons (Fsp3) is 0.923. The van der Waals surface area contributed by atoms with Gasteiger partial charge in [-0.25, -0.2) is 0 Å². The van der Waals surface area contributed by atoms with Crippen LogP contribution in [0.4, 0.5) is 0 Å². The van der Waals surface area contributed by atoms with Crippen molar-refractivity contribution in [2.24, 2.45) is 5.92 Å². The van der Waals surface area contributed by atoms with Gasteiger partial charge in [-0.05, 0) is 25.7 Å². The highest BCUT2D eigenvalue weighted by atomic mass is 32.1. The molecule has 0 bridgehead atoms. The molecule has 0 aliphatic carbocycles. The van der Waals surface area contributed by atoms with Gasteiger partial charge in [-0.15, -0.1) is 0 Å². The number of thiol groups is 1. The summed E-state index contributed by atoms with van der Waals surface area (Å²) in [7, 11) is 0. The van der Waals surface area contributed by atoms with Gasteiger partial charge in [0.15, 0.2) is 5.78 Å². The number of hydrogen-bond donors (Lipinski definition) is 1. The second kappa shape index (κ2) is 7.33. The normalized spacial score (nSPS) is 17.2. The van der Waals surface area contributed by atoms with Crippen molar-refractivity contribution in [1.82, 2.24) is 0 Å². The van der Waals surface area contributed by atoms with Crippen molar-refractivity contribution in [3.05, 3.63) is 0 Å². The van der Waals surface area contributed by atoms with Gasteiger partial charge < -0.3 is 4.74 Å². The summed E-state index contributed by atoms with van der Waals surface area (Å²) in [6, 6.07) is 0. The summed E-state index contributed by atoms with van der Waals surface area (Å²) < 4.78 is 5.77. The molecule has 2 atom stereocenters. The molecule has 0 fully saturated rings. The molecular formula is C13H26O2S. The lowest BCUT2D eigenvalue weighted by molar-refractivity contribution is -0.143. The first kappa shape index (κ1) is 16.0. The number of carbonyl (C=O) groups is 1. The molecule has 0 saturated carbocycles. The monoisotopic (exact) mass is 246 g/mol. The Labute approximate surface area is 106 Å². The zero-order chi connectivity index (χ0) is 12.8. The lowest BCUT2D eigenvalue weighted by atomic mass is 9.94. The van der Waals surface area contributed by atoms with Crippen molar-refractivity contribution >= 4 is 18.4 Å². The van der Waals surface area contributed by atoms with E-state index >= 15 is 0 Å². The Bertz CT molecular complexity index is 214. The number of ketones is 1. The van der Waals surface area contributed by atoms with Crippen LogP contribution >= 0.6 is 12.6 Å². The van der Waals surface area contributed by atoms with Crippen molar-refractivity contribution < 1.29 is 9.53 Å². The maximum atomic E-state index is 12.0. The Kier molecular flexibility index (Phi) is 7.32. The highest BCUT2D eigenvalue weighted by Crippen LogP contribution is 2.21. The lowest BCUT2D eigenvalue weighted by Gasteiger charge is -2.28. The molecule has 0 amide bonds. The van der Waals surface area contributed by atoms with E-state index in [4.69, 9.17) is 4.74 Å². The Morgan fingerprint density at radius 3 is 2.31 bits per heavy atom. The molecule has 0 aromatic rings. The summed E-state index contributed by atoms with van der Waals surface area (Å²) in [6.07, 6.45) is 2.21. The summed E-state index contributed by atoms with van der Waals surface area (Å²) >= 11 is 4.26. The summed E-state index contributed by atoms with van der Waals surface area (Å²) in [5.41, 5.74) is -0.619. The van der Waals surface area contributed by atoms with Gasteiger partial charge >= 0.3 is 0 Å². The standard InChI is InChI=1S/C13H26O2S/c1-6-13(5,12(14)9-11(4)16)15-8-7-10(2)3/h10-11,16H,6-9H2,1-5H3. The largest absolute Gasteiger partial charge is 0.368 e. The third kappa shape index (κ3) is 5.90. The molecule has 2 nitrogen and oxygen atoms in total. The Balaban J connectivity index is 4.23. The van der Waals surface area contributed by atoms with Crippen LogP contribution in [0.1, 0.15) is 53.9 Å². The number of carbonyl (C=O) groups excluding carboxylic acids is 1. The molecule has 0 aliphatic heterocycles. The SMILES string of the molecule is CCC(C)(OCCC(C)C)C(=O)CC(C)S. The molecule has 96 valence electrons. The first-order valence-corrected chi connectivity index (χ1v) is 6.68. The van der Waals surface area contributed by atoms with Crippen molar-refractivity contribution in [3.63, 3.8) is 0 Å². The average Bonchev–Trinajstić information content (AvgIpc) is 2.15. The molecule has 0 spiro atoms. The topological polar surface area (TPSA) is 26.3 Å². The van der Waals surface area contributed by atoms with E-state index in [1.54, 1.807) is 0 Å². The van der Waals surface area contributed by atoms with E-state index in [1.807, 2.05) is 20.8 Å². The van der Waals surface area contributed by atoms with Crippen LogP contribution < -0.4 is 0 Å². The van der Waals surface area contributed by atoms with Crippen LogP contribution in [0.25, 0.3) is 0 Å². The van der Waals surface area contributed by atoms with Gasteiger partial charge in [0.05, 0.1) is 0 Å².